The molecule has 0 saturated heterocycles. The Morgan fingerprint density at radius 3 is 2.27 bits per heavy atom. The number of anilines is 2. The smallest absolute Gasteiger partial charge is 0.224 e. The summed E-state index contributed by atoms with van der Waals surface area (Å²) in [5.74, 6) is 0.0835. The minimum Gasteiger partial charge on any atom is -0.379 e. The molecule has 0 heterocycles. The van der Waals surface area contributed by atoms with Crippen molar-refractivity contribution in [2.45, 2.75) is 39.2 Å². The summed E-state index contributed by atoms with van der Waals surface area (Å²) >= 11 is 0. The maximum absolute atomic E-state index is 11.7. The second kappa shape index (κ2) is 8.23. The van der Waals surface area contributed by atoms with Crippen LogP contribution in [0, 0.1) is 0 Å². The van der Waals surface area contributed by atoms with Gasteiger partial charge in [0.1, 0.15) is 0 Å². The van der Waals surface area contributed by atoms with Crippen LogP contribution in [0.4, 0.5) is 11.4 Å². The van der Waals surface area contributed by atoms with E-state index in [1.165, 1.54) is 5.56 Å². The first-order valence-corrected chi connectivity index (χ1v) is 7.90. The molecule has 0 spiro atoms. The Kier molecular flexibility index (Phi) is 6.01. The minimum atomic E-state index is 0.0835. The molecule has 1 amide bonds. The lowest BCUT2D eigenvalue weighted by atomic mass is 10.1. The molecule has 1 unspecified atom stereocenters. The fourth-order valence-corrected chi connectivity index (χ4v) is 2.29. The fourth-order valence-electron chi connectivity index (χ4n) is 2.29. The van der Waals surface area contributed by atoms with Crippen molar-refractivity contribution < 1.29 is 4.79 Å². The topological polar surface area (TPSA) is 41.1 Å². The number of unbranched alkanes of at least 4 members (excludes halogenated alkanes) is 1. The number of carbonyl (C=O) groups is 1. The highest BCUT2D eigenvalue weighted by Gasteiger charge is 2.05. The summed E-state index contributed by atoms with van der Waals surface area (Å²) in [4.78, 5) is 11.7. The van der Waals surface area contributed by atoms with Crippen molar-refractivity contribution in [3.8, 4) is 0 Å². The molecular formula is C19H24N2O. The van der Waals surface area contributed by atoms with Crippen LogP contribution in [0.1, 0.15) is 44.7 Å². The van der Waals surface area contributed by atoms with Gasteiger partial charge in [-0.3, -0.25) is 4.79 Å². The van der Waals surface area contributed by atoms with Crippen molar-refractivity contribution in [1.82, 2.24) is 0 Å². The van der Waals surface area contributed by atoms with E-state index in [1.54, 1.807) is 0 Å². The van der Waals surface area contributed by atoms with Crippen LogP contribution in [0.3, 0.4) is 0 Å². The molecule has 0 radical (unpaired) electrons. The van der Waals surface area contributed by atoms with Crippen molar-refractivity contribution in [3.05, 3.63) is 60.2 Å². The Labute approximate surface area is 132 Å². The molecule has 3 heteroatoms. The van der Waals surface area contributed by atoms with Gasteiger partial charge in [0.25, 0.3) is 0 Å². The molecule has 1 atom stereocenters. The highest BCUT2D eigenvalue weighted by atomic mass is 16.1. The van der Waals surface area contributed by atoms with E-state index in [4.69, 9.17) is 0 Å². The van der Waals surface area contributed by atoms with E-state index in [0.29, 0.717) is 6.42 Å². The van der Waals surface area contributed by atoms with E-state index >= 15 is 0 Å². The third kappa shape index (κ3) is 4.92. The SMILES string of the molecule is CCCCC(=O)Nc1ccc(NC(C)c2ccccc2)cc1. The largest absolute Gasteiger partial charge is 0.379 e. The summed E-state index contributed by atoms with van der Waals surface area (Å²) in [5.41, 5.74) is 3.14. The van der Waals surface area contributed by atoms with Crippen LogP contribution in [0.25, 0.3) is 0 Å². The van der Waals surface area contributed by atoms with E-state index in [2.05, 4.69) is 36.6 Å². The van der Waals surface area contributed by atoms with Crippen molar-refractivity contribution in [1.29, 1.82) is 0 Å². The Balaban J connectivity index is 1.90. The number of nitrogens with one attached hydrogen (secondary N) is 2. The summed E-state index contributed by atoms with van der Waals surface area (Å²) in [7, 11) is 0. The minimum absolute atomic E-state index is 0.0835. The average molecular weight is 296 g/mol. The number of benzene rings is 2. The summed E-state index contributed by atoms with van der Waals surface area (Å²) in [6.45, 7) is 4.22. The molecule has 2 aromatic carbocycles. The Morgan fingerprint density at radius 1 is 1.00 bits per heavy atom. The van der Waals surface area contributed by atoms with Crippen LogP contribution in [0.15, 0.2) is 54.6 Å². The predicted octanol–water partition coefficient (Wildman–Crippen LogP) is 4.99. The molecule has 22 heavy (non-hydrogen) atoms. The predicted molar refractivity (Wildman–Crippen MR) is 93.1 cm³/mol. The van der Waals surface area contributed by atoms with E-state index in [-0.39, 0.29) is 11.9 Å². The van der Waals surface area contributed by atoms with Gasteiger partial charge in [-0.25, -0.2) is 0 Å². The molecule has 3 nitrogen and oxygen atoms in total. The Bertz CT molecular complexity index is 578. The maximum Gasteiger partial charge on any atom is 0.224 e. The summed E-state index contributed by atoms with van der Waals surface area (Å²) in [6, 6.07) is 18.4. The zero-order chi connectivity index (χ0) is 15.8. The Morgan fingerprint density at radius 2 is 1.64 bits per heavy atom. The van der Waals surface area contributed by atoms with Gasteiger partial charge in [-0.05, 0) is 43.2 Å². The van der Waals surface area contributed by atoms with Gasteiger partial charge < -0.3 is 10.6 Å². The summed E-state index contributed by atoms with van der Waals surface area (Å²) in [6.07, 6.45) is 2.55. The lowest BCUT2D eigenvalue weighted by Gasteiger charge is -2.16. The molecule has 0 saturated carbocycles. The first kappa shape index (κ1) is 16.1. The monoisotopic (exact) mass is 296 g/mol. The van der Waals surface area contributed by atoms with Crippen molar-refractivity contribution >= 4 is 17.3 Å². The molecule has 2 rings (SSSR count). The van der Waals surface area contributed by atoms with Crippen LogP contribution in [-0.2, 0) is 4.79 Å². The molecule has 0 aliphatic rings. The molecule has 0 fully saturated rings. The Hall–Kier alpha value is -2.29. The van der Waals surface area contributed by atoms with Gasteiger partial charge in [-0.15, -0.1) is 0 Å². The van der Waals surface area contributed by atoms with Crippen molar-refractivity contribution in [2.75, 3.05) is 10.6 Å². The highest BCUT2D eigenvalue weighted by Crippen LogP contribution is 2.20. The van der Waals surface area contributed by atoms with Gasteiger partial charge in [0, 0.05) is 23.8 Å². The number of hydrogen-bond acceptors (Lipinski definition) is 2. The average Bonchev–Trinajstić information content (AvgIpc) is 2.55. The first-order valence-electron chi connectivity index (χ1n) is 7.90. The molecule has 116 valence electrons. The van der Waals surface area contributed by atoms with Gasteiger partial charge in [0.05, 0.1) is 0 Å². The third-order valence-corrected chi connectivity index (χ3v) is 3.61. The van der Waals surface area contributed by atoms with Crippen LogP contribution in [0.2, 0.25) is 0 Å². The standard InChI is InChI=1S/C19H24N2O/c1-3-4-10-19(22)21-18-13-11-17(12-14-18)20-15(2)16-8-6-5-7-9-16/h5-9,11-15,20H,3-4,10H2,1-2H3,(H,21,22). The lowest BCUT2D eigenvalue weighted by Crippen LogP contribution is -2.11. The van der Waals surface area contributed by atoms with E-state index in [9.17, 15) is 4.79 Å². The third-order valence-electron chi connectivity index (χ3n) is 3.61. The molecule has 2 N–H and O–H groups in total. The zero-order valence-electron chi connectivity index (χ0n) is 13.3. The van der Waals surface area contributed by atoms with E-state index in [1.807, 2.05) is 42.5 Å². The number of rotatable bonds is 7. The molecular weight excluding hydrogens is 272 g/mol. The van der Waals surface area contributed by atoms with Gasteiger partial charge in [0.15, 0.2) is 0 Å². The number of amides is 1. The fraction of sp³-hybridized carbons (Fsp3) is 0.316. The second-order valence-corrected chi connectivity index (χ2v) is 5.51. The summed E-state index contributed by atoms with van der Waals surface area (Å²) < 4.78 is 0. The van der Waals surface area contributed by atoms with Gasteiger partial charge >= 0.3 is 0 Å². The number of hydrogen-bond donors (Lipinski definition) is 2. The van der Waals surface area contributed by atoms with Gasteiger partial charge in [-0.2, -0.15) is 0 Å². The number of carbonyl (C=O) groups excluding carboxylic acids is 1. The van der Waals surface area contributed by atoms with Crippen LogP contribution in [-0.4, -0.2) is 5.91 Å². The normalized spacial score (nSPS) is 11.7. The van der Waals surface area contributed by atoms with Crippen LogP contribution in [0.5, 0.6) is 0 Å². The van der Waals surface area contributed by atoms with Gasteiger partial charge in [0.2, 0.25) is 5.91 Å². The second-order valence-electron chi connectivity index (χ2n) is 5.51. The molecule has 0 aliphatic carbocycles. The molecule has 0 aliphatic heterocycles. The van der Waals surface area contributed by atoms with Crippen molar-refractivity contribution in [3.63, 3.8) is 0 Å². The quantitative estimate of drug-likeness (QED) is 0.756. The van der Waals surface area contributed by atoms with Crippen LogP contribution < -0.4 is 10.6 Å². The molecule has 2 aromatic rings. The zero-order valence-corrected chi connectivity index (χ0v) is 13.3. The van der Waals surface area contributed by atoms with Gasteiger partial charge in [-0.1, -0.05) is 43.7 Å². The van der Waals surface area contributed by atoms with E-state index < -0.39 is 0 Å². The maximum atomic E-state index is 11.7. The highest BCUT2D eigenvalue weighted by molar-refractivity contribution is 5.90. The molecule has 0 aromatic heterocycles. The van der Waals surface area contributed by atoms with E-state index in [0.717, 1.165) is 24.2 Å². The molecule has 0 bridgehead atoms. The summed E-state index contributed by atoms with van der Waals surface area (Å²) in [5, 5.41) is 6.38. The lowest BCUT2D eigenvalue weighted by molar-refractivity contribution is -0.116. The van der Waals surface area contributed by atoms with Crippen molar-refractivity contribution in [2.24, 2.45) is 0 Å². The van der Waals surface area contributed by atoms with Crippen LogP contribution >= 0.6 is 0 Å². The first-order chi connectivity index (χ1) is 10.7.